The lowest BCUT2D eigenvalue weighted by atomic mass is 10.0. The van der Waals surface area contributed by atoms with Gasteiger partial charge >= 0.3 is 11.7 Å². The highest BCUT2D eigenvalue weighted by molar-refractivity contribution is 5.99. The van der Waals surface area contributed by atoms with Crippen molar-refractivity contribution in [3.63, 3.8) is 0 Å². The monoisotopic (exact) mass is 338 g/mol. The number of ether oxygens (including phenoxy) is 2. The number of aromatic nitrogens is 2. The van der Waals surface area contributed by atoms with Crippen molar-refractivity contribution in [2.24, 2.45) is 0 Å². The standard InChI is InChI=1S/C18H14N2O5/c1-23-11-6-4-10(5-7-11)9-13-16-14(17(21)25-13)15(19-18(22)20-16)12-3-2-8-24-12/h2-8,13H,9H2,1H3,(H,19,20,22). The van der Waals surface area contributed by atoms with Crippen LogP contribution in [0.1, 0.15) is 27.7 Å². The van der Waals surface area contributed by atoms with E-state index in [0.29, 0.717) is 17.9 Å². The summed E-state index contributed by atoms with van der Waals surface area (Å²) in [6.45, 7) is 0. The number of esters is 1. The fraction of sp³-hybridized carbons (Fsp3) is 0.167. The number of carbonyl (C=O) groups excluding carboxylic acids is 1. The number of furan rings is 1. The third kappa shape index (κ3) is 2.69. The Labute approximate surface area is 142 Å². The number of benzene rings is 1. The Kier molecular flexibility index (Phi) is 3.61. The fourth-order valence-corrected chi connectivity index (χ4v) is 2.90. The third-order valence-corrected chi connectivity index (χ3v) is 4.07. The van der Waals surface area contributed by atoms with Gasteiger partial charge in [-0.2, -0.15) is 4.98 Å². The molecule has 0 bridgehead atoms. The molecule has 4 rings (SSSR count). The number of rotatable bonds is 4. The van der Waals surface area contributed by atoms with Gasteiger partial charge in [0, 0.05) is 6.42 Å². The zero-order chi connectivity index (χ0) is 17.4. The first-order chi connectivity index (χ1) is 12.2. The van der Waals surface area contributed by atoms with E-state index in [1.165, 1.54) is 6.26 Å². The van der Waals surface area contributed by atoms with Crippen LogP contribution in [-0.2, 0) is 11.2 Å². The molecule has 1 aromatic carbocycles. The predicted molar refractivity (Wildman–Crippen MR) is 87.4 cm³/mol. The molecule has 2 aromatic heterocycles. The van der Waals surface area contributed by atoms with Gasteiger partial charge in [-0.3, -0.25) is 0 Å². The van der Waals surface area contributed by atoms with Crippen molar-refractivity contribution >= 4 is 5.97 Å². The zero-order valence-corrected chi connectivity index (χ0v) is 13.3. The minimum absolute atomic E-state index is 0.200. The molecule has 0 radical (unpaired) electrons. The summed E-state index contributed by atoms with van der Waals surface area (Å²) in [6.07, 6.45) is 1.31. The molecule has 3 aromatic rings. The molecule has 1 aliphatic rings. The molecule has 1 unspecified atom stereocenters. The van der Waals surface area contributed by atoms with Gasteiger partial charge in [0.05, 0.1) is 19.1 Å². The first kappa shape index (κ1) is 15.2. The predicted octanol–water partition coefficient (Wildman–Crippen LogP) is 2.49. The van der Waals surface area contributed by atoms with E-state index in [9.17, 15) is 9.59 Å². The Hall–Kier alpha value is -3.35. The minimum Gasteiger partial charge on any atom is -0.497 e. The van der Waals surface area contributed by atoms with Crippen LogP contribution in [0.15, 0.2) is 51.9 Å². The molecule has 0 fully saturated rings. The number of aromatic amines is 1. The second-order valence-electron chi connectivity index (χ2n) is 5.60. The highest BCUT2D eigenvalue weighted by atomic mass is 16.5. The van der Waals surface area contributed by atoms with Crippen LogP contribution < -0.4 is 10.4 Å². The average Bonchev–Trinajstić information content (AvgIpc) is 3.24. The molecule has 126 valence electrons. The van der Waals surface area contributed by atoms with Crippen molar-refractivity contribution in [1.82, 2.24) is 9.97 Å². The van der Waals surface area contributed by atoms with E-state index < -0.39 is 17.8 Å². The molecule has 0 saturated heterocycles. The molecule has 0 amide bonds. The van der Waals surface area contributed by atoms with E-state index in [1.807, 2.05) is 24.3 Å². The normalized spacial score (nSPS) is 15.7. The summed E-state index contributed by atoms with van der Waals surface area (Å²) in [6, 6.07) is 10.7. The van der Waals surface area contributed by atoms with Gasteiger partial charge in [0.25, 0.3) is 0 Å². The number of hydrogen-bond donors (Lipinski definition) is 1. The molecule has 7 nitrogen and oxygen atoms in total. The maximum absolute atomic E-state index is 12.3. The molecule has 0 aliphatic carbocycles. The number of cyclic esters (lactones) is 1. The van der Waals surface area contributed by atoms with Crippen LogP contribution in [0.4, 0.5) is 0 Å². The van der Waals surface area contributed by atoms with Crippen molar-refractivity contribution in [3.05, 3.63) is 70.0 Å². The maximum atomic E-state index is 12.3. The molecule has 1 atom stereocenters. The topological polar surface area (TPSA) is 94.4 Å². The van der Waals surface area contributed by atoms with Crippen LogP contribution in [-0.4, -0.2) is 23.0 Å². The van der Waals surface area contributed by atoms with Crippen LogP contribution in [0.3, 0.4) is 0 Å². The first-order valence-electron chi connectivity index (χ1n) is 7.67. The Morgan fingerprint density at radius 1 is 1.20 bits per heavy atom. The summed E-state index contributed by atoms with van der Waals surface area (Å²) in [7, 11) is 1.60. The van der Waals surface area contributed by atoms with Crippen molar-refractivity contribution in [3.8, 4) is 17.2 Å². The molecule has 7 heteroatoms. The lowest BCUT2D eigenvalue weighted by molar-refractivity contribution is 0.0382. The summed E-state index contributed by atoms with van der Waals surface area (Å²) < 4.78 is 15.9. The Balaban J connectivity index is 1.73. The van der Waals surface area contributed by atoms with Gasteiger partial charge in [-0.1, -0.05) is 12.1 Å². The van der Waals surface area contributed by atoms with Crippen LogP contribution in [0, 0.1) is 0 Å². The third-order valence-electron chi connectivity index (χ3n) is 4.07. The van der Waals surface area contributed by atoms with Crippen LogP contribution >= 0.6 is 0 Å². The zero-order valence-electron chi connectivity index (χ0n) is 13.3. The quantitative estimate of drug-likeness (QED) is 0.735. The second kappa shape index (κ2) is 5.94. The SMILES string of the molecule is COc1ccc(CC2OC(=O)c3c(-c4ccco4)nc(=O)[nH]c32)cc1. The smallest absolute Gasteiger partial charge is 0.345 e. The van der Waals surface area contributed by atoms with E-state index >= 15 is 0 Å². The van der Waals surface area contributed by atoms with E-state index in [-0.39, 0.29) is 11.3 Å². The van der Waals surface area contributed by atoms with Gasteiger partial charge in [0.15, 0.2) is 5.76 Å². The highest BCUT2D eigenvalue weighted by Gasteiger charge is 2.36. The Morgan fingerprint density at radius 2 is 2.00 bits per heavy atom. The van der Waals surface area contributed by atoms with E-state index in [1.54, 1.807) is 19.2 Å². The van der Waals surface area contributed by atoms with Gasteiger partial charge in [-0.25, -0.2) is 9.59 Å². The number of carbonyl (C=O) groups is 1. The van der Waals surface area contributed by atoms with E-state index in [2.05, 4.69) is 9.97 Å². The minimum atomic E-state index is -0.583. The maximum Gasteiger partial charge on any atom is 0.345 e. The Bertz CT molecular complexity index is 974. The number of hydrogen-bond acceptors (Lipinski definition) is 6. The van der Waals surface area contributed by atoms with Crippen molar-refractivity contribution in [2.75, 3.05) is 7.11 Å². The molecule has 0 spiro atoms. The number of nitrogens with zero attached hydrogens (tertiary/aromatic N) is 1. The van der Waals surface area contributed by atoms with Crippen LogP contribution in [0.25, 0.3) is 11.5 Å². The van der Waals surface area contributed by atoms with Gasteiger partial charge in [-0.05, 0) is 29.8 Å². The van der Waals surface area contributed by atoms with Crippen LogP contribution in [0.5, 0.6) is 5.75 Å². The number of nitrogens with one attached hydrogen (secondary N) is 1. The van der Waals surface area contributed by atoms with Crippen molar-refractivity contribution < 1.29 is 18.7 Å². The molecule has 0 saturated carbocycles. The molecule has 25 heavy (non-hydrogen) atoms. The van der Waals surface area contributed by atoms with E-state index in [0.717, 1.165) is 11.3 Å². The van der Waals surface area contributed by atoms with Gasteiger partial charge in [0.1, 0.15) is 23.1 Å². The second-order valence-corrected chi connectivity index (χ2v) is 5.60. The number of fused-ring (bicyclic) bond motifs is 1. The summed E-state index contributed by atoms with van der Waals surface area (Å²) >= 11 is 0. The average molecular weight is 338 g/mol. The van der Waals surface area contributed by atoms with Gasteiger partial charge in [0.2, 0.25) is 0 Å². The van der Waals surface area contributed by atoms with Gasteiger partial charge < -0.3 is 18.9 Å². The molecule has 3 heterocycles. The summed E-state index contributed by atoms with van der Waals surface area (Å²) in [4.78, 5) is 30.8. The summed E-state index contributed by atoms with van der Waals surface area (Å²) in [5.74, 6) is 0.568. The van der Waals surface area contributed by atoms with E-state index in [4.69, 9.17) is 13.9 Å². The largest absolute Gasteiger partial charge is 0.497 e. The molecular formula is C18H14N2O5. The van der Waals surface area contributed by atoms with Crippen LogP contribution in [0.2, 0.25) is 0 Å². The first-order valence-corrected chi connectivity index (χ1v) is 7.67. The number of methoxy groups -OCH3 is 1. The lowest BCUT2D eigenvalue weighted by Gasteiger charge is -2.11. The van der Waals surface area contributed by atoms with Crippen molar-refractivity contribution in [2.45, 2.75) is 12.5 Å². The highest BCUT2D eigenvalue weighted by Crippen LogP contribution is 2.35. The molecule has 1 aliphatic heterocycles. The number of H-pyrrole nitrogens is 1. The summed E-state index contributed by atoms with van der Waals surface area (Å²) in [5.41, 5.74) is 1.26. The lowest BCUT2D eigenvalue weighted by Crippen LogP contribution is -2.17. The summed E-state index contributed by atoms with van der Waals surface area (Å²) in [5, 5.41) is 0. The molecule has 1 N–H and O–H groups in total. The fourth-order valence-electron chi connectivity index (χ4n) is 2.90. The Morgan fingerprint density at radius 3 is 2.68 bits per heavy atom. The molecular weight excluding hydrogens is 324 g/mol. The van der Waals surface area contributed by atoms with Gasteiger partial charge in [-0.15, -0.1) is 0 Å². The van der Waals surface area contributed by atoms with Crippen molar-refractivity contribution in [1.29, 1.82) is 0 Å².